The molecular weight excluding hydrogens is 407 g/mol. The van der Waals surface area contributed by atoms with Crippen molar-refractivity contribution in [3.8, 4) is 0 Å². The van der Waals surface area contributed by atoms with Gasteiger partial charge in [0.15, 0.2) is 0 Å². The smallest absolute Gasteiger partial charge is 0.255 e. The highest BCUT2D eigenvalue weighted by atomic mass is 35.5. The highest BCUT2D eigenvalue weighted by Crippen LogP contribution is 2.28. The van der Waals surface area contributed by atoms with Crippen molar-refractivity contribution in [2.45, 2.75) is 31.7 Å². The largest absolute Gasteiger partial charge is 0.338 e. The first-order valence-corrected chi connectivity index (χ1v) is 9.98. The number of para-hydroxylation sites is 1. The molecule has 0 spiro atoms. The van der Waals surface area contributed by atoms with Crippen LogP contribution in [-0.4, -0.2) is 48.5 Å². The van der Waals surface area contributed by atoms with Crippen LogP contribution in [0.5, 0.6) is 0 Å². The Morgan fingerprint density at radius 2 is 1.76 bits per heavy atom. The van der Waals surface area contributed by atoms with E-state index in [2.05, 4.69) is 10.3 Å². The minimum Gasteiger partial charge on any atom is -0.338 e. The van der Waals surface area contributed by atoms with E-state index in [-0.39, 0.29) is 30.7 Å². The number of rotatable bonds is 6. The third-order valence-electron chi connectivity index (χ3n) is 5.66. The lowest BCUT2D eigenvalue weighted by molar-refractivity contribution is 0.0704. The molecule has 158 valence electrons. The molecule has 0 atom stereocenters. The van der Waals surface area contributed by atoms with Crippen molar-refractivity contribution in [1.82, 2.24) is 15.2 Å². The number of likely N-dealkylation sites (tertiary alicyclic amines) is 1. The average Bonchev–Trinajstić information content (AvgIpc) is 3.57. The lowest BCUT2D eigenvalue weighted by Gasteiger charge is -2.32. The predicted molar refractivity (Wildman–Crippen MR) is 123 cm³/mol. The van der Waals surface area contributed by atoms with Crippen molar-refractivity contribution in [1.29, 1.82) is 0 Å². The molecule has 1 saturated heterocycles. The van der Waals surface area contributed by atoms with Crippen molar-refractivity contribution in [2.24, 2.45) is 5.92 Å². The molecule has 2 heterocycles. The van der Waals surface area contributed by atoms with Gasteiger partial charge in [0, 0.05) is 38.1 Å². The monoisotopic (exact) mass is 436 g/mol. The van der Waals surface area contributed by atoms with Crippen LogP contribution in [-0.2, 0) is 0 Å². The third kappa shape index (κ3) is 6.08. The summed E-state index contributed by atoms with van der Waals surface area (Å²) in [6.07, 6.45) is 6.55. The van der Waals surface area contributed by atoms with Gasteiger partial charge < -0.3 is 15.1 Å². The Labute approximate surface area is 185 Å². The number of nitrogens with one attached hydrogen (secondary N) is 1. The van der Waals surface area contributed by atoms with Crippen LogP contribution < -0.4 is 10.2 Å². The SMILES string of the molecule is CN(c1ccccc1)c1ccc(C(=O)N2CCC(NCC3CC3)CC2)cn1.Cl.Cl. The van der Waals surface area contributed by atoms with Gasteiger partial charge in [-0.3, -0.25) is 4.79 Å². The molecule has 1 aliphatic heterocycles. The molecule has 2 fully saturated rings. The van der Waals surface area contributed by atoms with E-state index in [0.717, 1.165) is 49.9 Å². The molecule has 29 heavy (non-hydrogen) atoms. The van der Waals surface area contributed by atoms with Crippen LogP contribution >= 0.6 is 24.8 Å². The number of amides is 1. The normalized spacial score (nSPS) is 16.5. The van der Waals surface area contributed by atoms with Gasteiger partial charge in [-0.2, -0.15) is 0 Å². The lowest BCUT2D eigenvalue weighted by Crippen LogP contribution is -2.45. The molecule has 2 aromatic rings. The highest BCUT2D eigenvalue weighted by molar-refractivity contribution is 5.94. The summed E-state index contributed by atoms with van der Waals surface area (Å²) in [5.41, 5.74) is 1.74. The van der Waals surface area contributed by atoms with Crippen molar-refractivity contribution in [3.05, 3.63) is 54.2 Å². The molecule has 4 rings (SSSR count). The standard InChI is InChI=1S/C22H28N4O.2ClH/c1-25(20-5-3-2-4-6-20)21-10-9-18(16-24-21)22(27)26-13-11-19(12-14-26)23-15-17-7-8-17;;/h2-6,9-10,16-17,19,23H,7-8,11-15H2,1H3;2*1H. The summed E-state index contributed by atoms with van der Waals surface area (Å²) in [6, 6.07) is 14.5. The van der Waals surface area contributed by atoms with E-state index in [1.54, 1.807) is 6.20 Å². The fraction of sp³-hybridized carbons (Fsp3) is 0.455. The van der Waals surface area contributed by atoms with Crippen molar-refractivity contribution in [3.63, 3.8) is 0 Å². The van der Waals surface area contributed by atoms with Gasteiger partial charge in [-0.25, -0.2) is 4.98 Å². The molecule has 1 N–H and O–H groups in total. The molecule has 0 unspecified atom stereocenters. The second-order valence-electron chi connectivity index (χ2n) is 7.72. The summed E-state index contributed by atoms with van der Waals surface area (Å²) in [5.74, 6) is 1.83. The minimum atomic E-state index is 0. The summed E-state index contributed by atoms with van der Waals surface area (Å²) in [7, 11) is 1.98. The Morgan fingerprint density at radius 3 is 2.34 bits per heavy atom. The second kappa shape index (κ2) is 10.8. The Bertz CT molecular complexity index is 760. The Balaban J connectivity index is 0.00000150. The quantitative estimate of drug-likeness (QED) is 0.732. The number of aromatic nitrogens is 1. The maximum Gasteiger partial charge on any atom is 0.255 e. The third-order valence-corrected chi connectivity index (χ3v) is 5.66. The number of anilines is 2. The maximum atomic E-state index is 12.8. The molecule has 7 heteroatoms. The van der Waals surface area contributed by atoms with Crippen LogP contribution in [0.25, 0.3) is 0 Å². The first-order valence-electron chi connectivity index (χ1n) is 9.98. The molecule has 5 nitrogen and oxygen atoms in total. The maximum absolute atomic E-state index is 12.8. The molecule has 0 bridgehead atoms. The van der Waals surface area contributed by atoms with E-state index < -0.39 is 0 Å². The Hall–Kier alpha value is -1.82. The summed E-state index contributed by atoms with van der Waals surface area (Å²) >= 11 is 0. The summed E-state index contributed by atoms with van der Waals surface area (Å²) in [4.78, 5) is 21.3. The topological polar surface area (TPSA) is 48.5 Å². The number of halogens is 2. The molecular formula is C22H30Cl2N4O. The van der Waals surface area contributed by atoms with Gasteiger partial charge in [-0.15, -0.1) is 24.8 Å². The molecule has 1 saturated carbocycles. The van der Waals surface area contributed by atoms with Crippen LogP contribution in [0.2, 0.25) is 0 Å². The minimum absolute atomic E-state index is 0. The zero-order valence-electron chi connectivity index (χ0n) is 16.8. The van der Waals surface area contributed by atoms with Gasteiger partial charge in [-0.1, -0.05) is 18.2 Å². The zero-order valence-corrected chi connectivity index (χ0v) is 18.4. The molecule has 0 radical (unpaired) electrons. The molecule has 1 amide bonds. The van der Waals surface area contributed by atoms with E-state index in [4.69, 9.17) is 0 Å². The van der Waals surface area contributed by atoms with Gasteiger partial charge in [0.2, 0.25) is 0 Å². The van der Waals surface area contributed by atoms with Gasteiger partial charge in [-0.05, 0) is 62.4 Å². The van der Waals surface area contributed by atoms with Crippen LogP contribution in [0.1, 0.15) is 36.0 Å². The first kappa shape index (κ1) is 23.5. The summed E-state index contributed by atoms with van der Waals surface area (Å²) < 4.78 is 0. The number of benzene rings is 1. The highest BCUT2D eigenvalue weighted by Gasteiger charge is 2.26. The van der Waals surface area contributed by atoms with Crippen LogP contribution in [0.15, 0.2) is 48.7 Å². The zero-order chi connectivity index (χ0) is 18.6. The van der Waals surface area contributed by atoms with E-state index in [1.807, 2.05) is 59.3 Å². The van der Waals surface area contributed by atoms with Gasteiger partial charge in [0.25, 0.3) is 5.91 Å². The lowest BCUT2D eigenvalue weighted by atomic mass is 10.0. The molecule has 1 aliphatic carbocycles. The Kier molecular flexibility index (Phi) is 8.75. The number of pyridine rings is 1. The number of hydrogen-bond acceptors (Lipinski definition) is 4. The average molecular weight is 437 g/mol. The molecule has 1 aromatic heterocycles. The number of hydrogen-bond donors (Lipinski definition) is 1. The van der Waals surface area contributed by atoms with E-state index in [9.17, 15) is 4.79 Å². The van der Waals surface area contributed by atoms with E-state index in [1.165, 1.54) is 12.8 Å². The van der Waals surface area contributed by atoms with Crippen molar-refractivity contribution >= 4 is 42.2 Å². The Morgan fingerprint density at radius 1 is 1.07 bits per heavy atom. The van der Waals surface area contributed by atoms with Gasteiger partial charge in [0.1, 0.15) is 5.82 Å². The first-order chi connectivity index (χ1) is 13.2. The van der Waals surface area contributed by atoms with E-state index >= 15 is 0 Å². The van der Waals surface area contributed by atoms with Crippen LogP contribution in [0, 0.1) is 5.92 Å². The number of carbonyl (C=O) groups is 1. The summed E-state index contributed by atoms with van der Waals surface area (Å²) in [5, 5.41) is 3.66. The van der Waals surface area contributed by atoms with Crippen LogP contribution in [0.3, 0.4) is 0 Å². The number of nitrogens with zero attached hydrogens (tertiary/aromatic N) is 3. The van der Waals surface area contributed by atoms with Crippen molar-refractivity contribution < 1.29 is 4.79 Å². The molecule has 1 aromatic carbocycles. The van der Waals surface area contributed by atoms with E-state index in [0.29, 0.717) is 11.6 Å². The summed E-state index contributed by atoms with van der Waals surface area (Å²) in [6.45, 7) is 2.80. The van der Waals surface area contributed by atoms with Crippen LogP contribution in [0.4, 0.5) is 11.5 Å². The number of piperidine rings is 1. The van der Waals surface area contributed by atoms with Gasteiger partial charge in [0.05, 0.1) is 5.56 Å². The molecule has 2 aliphatic rings. The van der Waals surface area contributed by atoms with Crippen molar-refractivity contribution in [2.75, 3.05) is 31.6 Å². The number of carbonyl (C=O) groups excluding carboxylic acids is 1. The van der Waals surface area contributed by atoms with Gasteiger partial charge >= 0.3 is 0 Å². The fourth-order valence-corrected chi connectivity index (χ4v) is 3.62. The fourth-order valence-electron chi connectivity index (χ4n) is 3.62. The predicted octanol–water partition coefficient (Wildman–Crippen LogP) is 4.30. The second-order valence-corrected chi connectivity index (χ2v) is 7.72.